The first-order chi connectivity index (χ1) is 33.2. The first-order valence-corrected chi connectivity index (χ1v) is 24.6. The van der Waals surface area contributed by atoms with E-state index in [0.717, 1.165) is 17.1 Å². The second kappa shape index (κ2) is 15.4. The first kappa shape index (κ1) is 40.5. The van der Waals surface area contributed by atoms with E-state index in [0.29, 0.717) is 0 Å². The summed E-state index contributed by atoms with van der Waals surface area (Å²) in [5, 5.41) is 2.65. The number of thiophene rings is 1. The fourth-order valence-electron chi connectivity index (χ4n) is 11.8. The van der Waals surface area contributed by atoms with E-state index in [1.807, 2.05) is 11.3 Å². The molecule has 1 nitrogen and oxygen atoms in total. The SMILES string of the molecule is CC1(C)c2ccccc2-c2ccc(-c3ccc(N(c4ccc(-c5ccccc5-c5cccc6c5C(C)(C)c5ccccc5-6)cc4)c4ccc(-c5cccc6sc7ccccc7c56)cc4)cc3)cc21. The smallest absolute Gasteiger partial charge is 0.0462 e. The molecule has 0 aliphatic heterocycles. The van der Waals surface area contributed by atoms with E-state index < -0.39 is 0 Å². The van der Waals surface area contributed by atoms with Crippen molar-refractivity contribution in [2.75, 3.05) is 4.90 Å². The highest BCUT2D eigenvalue weighted by Gasteiger charge is 2.38. The minimum Gasteiger partial charge on any atom is -0.311 e. The van der Waals surface area contributed by atoms with E-state index in [1.165, 1.54) is 109 Å². The summed E-state index contributed by atoms with van der Waals surface area (Å²) < 4.78 is 2.64. The van der Waals surface area contributed by atoms with Crippen LogP contribution in [0.25, 0.3) is 86.9 Å². The van der Waals surface area contributed by atoms with Gasteiger partial charge in [-0.1, -0.05) is 198 Å². The second-order valence-corrected chi connectivity index (χ2v) is 20.7. The summed E-state index contributed by atoms with van der Waals surface area (Å²) in [6, 6.07) is 83.6. The van der Waals surface area contributed by atoms with Gasteiger partial charge in [-0.15, -0.1) is 11.3 Å². The van der Waals surface area contributed by atoms with Crippen LogP contribution in [0.1, 0.15) is 49.9 Å². The van der Waals surface area contributed by atoms with Gasteiger partial charge in [0, 0.05) is 48.1 Å². The van der Waals surface area contributed by atoms with Gasteiger partial charge in [0.1, 0.15) is 0 Å². The zero-order valence-corrected chi connectivity index (χ0v) is 39.5. The van der Waals surface area contributed by atoms with Gasteiger partial charge in [-0.25, -0.2) is 0 Å². The van der Waals surface area contributed by atoms with Gasteiger partial charge in [0.25, 0.3) is 0 Å². The molecule has 13 rings (SSSR count). The summed E-state index contributed by atoms with van der Waals surface area (Å²) in [5.74, 6) is 0. The van der Waals surface area contributed by atoms with Crippen LogP contribution >= 0.6 is 11.3 Å². The normalized spacial score (nSPS) is 13.8. The fraction of sp³-hybridized carbons (Fsp3) is 0.0909. The van der Waals surface area contributed by atoms with E-state index >= 15 is 0 Å². The molecular weight excluding hydrogens is 839 g/mol. The maximum absolute atomic E-state index is 2.41. The van der Waals surface area contributed by atoms with Crippen LogP contribution in [-0.4, -0.2) is 0 Å². The molecule has 0 spiro atoms. The fourth-order valence-corrected chi connectivity index (χ4v) is 12.9. The lowest BCUT2D eigenvalue weighted by atomic mass is 9.78. The van der Waals surface area contributed by atoms with Crippen molar-refractivity contribution in [1.82, 2.24) is 0 Å². The number of nitrogens with zero attached hydrogens (tertiary/aromatic N) is 1. The molecule has 0 fully saturated rings. The minimum absolute atomic E-state index is 0.0524. The lowest BCUT2D eigenvalue weighted by Gasteiger charge is -2.27. The number of fused-ring (bicyclic) bond motifs is 9. The predicted octanol–water partition coefficient (Wildman–Crippen LogP) is 18.8. The van der Waals surface area contributed by atoms with Crippen molar-refractivity contribution < 1.29 is 0 Å². The van der Waals surface area contributed by atoms with Gasteiger partial charge in [-0.05, 0) is 144 Å². The number of rotatable bonds is 7. The topological polar surface area (TPSA) is 3.24 Å². The lowest BCUT2D eigenvalue weighted by molar-refractivity contribution is 0.660. The van der Waals surface area contributed by atoms with Crippen LogP contribution in [0.2, 0.25) is 0 Å². The zero-order valence-electron chi connectivity index (χ0n) is 38.7. The first-order valence-electron chi connectivity index (χ1n) is 23.8. The molecule has 2 aliphatic rings. The Balaban J connectivity index is 0.893. The Morgan fingerprint density at radius 3 is 1.43 bits per heavy atom. The number of hydrogen-bond donors (Lipinski definition) is 0. The van der Waals surface area contributed by atoms with Crippen LogP contribution in [0.15, 0.2) is 224 Å². The summed E-state index contributed by atoms with van der Waals surface area (Å²) in [5.41, 5.74) is 24.0. The third-order valence-corrected chi connectivity index (χ3v) is 16.3. The molecule has 1 aromatic heterocycles. The van der Waals surface area contributed by atoms with Gasteiger partial charge >= 0.3 is 0 Å². The van der Waals surface area contributed by atoms with E-state index in [1.54, 1.807) is 0 Å². The van der Waals surface area contributed by atoms with Crippen LogP contribution in [-0.2, 0) is 10.8 Å². The number of hydrogen-bond acceptors (Lipinski definition) is 2. The van der Waals surface area contributed by atoms with Crippen LogP contribution in [0.5, 0.6) is 0 Å². The van der Waals surface area contributed by atoms with E-state index in [2.05, 4.69) is 257 Å². The Labute approximate surface area is 403 Å². The molecule has 0 bridgehead atoms. The molecule has 2 heteroatoms. The molecule has 0 saturated carbocycles. The third kappa shape index (κ3) is 6.21. The Kier molecular flexibility index (Phi) is 9.16. The average Bonchev–Trinajstić information content (AvgIpc) is 3.97. The van der Waals surface area contributed by atoms with Gasteiger partial charge in [0.2, 0.25) is 0 Å². The van der Waals surface area contributed by atoms with Crippen LogP contribution in [0, 0.1) is 0 Å². The summed E-state index contributed by atoms with van der Waals surface area (Å²) in [6.45, 7) is 9.46. The van der Waals surface area contributed by atoms with Crippen molar-refractivity contribution in [2.45, 2.75) is 38.5 Å². The summed E-state index contributed by atoms with van der Waals surface area (Å²) in [7, 11) is 0. The van der Waals surface area contributed by atoms with E-state index in [9.17, 15) is 0 Å². The maximum atomic E-state index is 2.41. The van der Waals surface area contributed by atoms with Crippen molar-refractivity contribution >= 4 is 48.6 Å². The van der Waals surface area contributed by atoms with Gasteiger partial charge in [0.05, 0.1) is 0 Å². The summed E-state index contributed by atoms with van der Waals surface area (Å²) in [4.78, 5) is 2.40. The standard InChI is InChI=1S/C66H49NS/c1-65(2)58-23-10-7-17-52(58)54-40-33-45(41-60(54)65)42-27-34-46(35-28-42)67(48-38-31-44(32-39-48)50-20-14-26-62-63(50)57-19-9-12-25-61(57)68-62)47-36-29-43(30-37-47)49-15-5-6-16-51(49)55-21-13-22-56-53-18-8-11-24-59(53)66(3,4)64(55)56/h5-41H,1-4H3. The molecule has 2 aliphatic carbocycles. The van der Waals surface area contributed by atoms with E-state index in [-0.39, 0.29) is 10.8 Å². The molecular formula is C66H49NS. The maximum Gasteiger partial charge on any atom is 0.0462 e. The Morgan fingerprint density at radius 2 is 0.750 bits per heavy atom. The molecule has 10 aromatic carbocycles. The number of anilines is 3. The van der Waals surface area contributed by atoms with Gasteiger partial charge in [0.15, 0.2) is 0 Å². The molecule has 0 unspecified atom stereocenters. The van der Waals surface area contributed by atoms with Gasteiger partial charge in [-0.3, -0.25) is 0 Å². The van der Waals surface area contributed by atoms with E-state index in [4.69, 9.17) is 0 Å². The predicted molar refractivity (Wildman–Crippen MR) is 291 cm³/mol. The monoisotopic (exact) mass is 887 g/mol. The highest BCUT2D eigenvalue weighted by atomic mass is 32.1. The van der Waals surface area contributed by atoms with Crippen LogP contribution < -0.4 is 4.90 Å². The molecule has 0 N–H and O–H groups in total. The quantitative estimate of drug-likeness (QED) is 0.154. The Hall–Kier alpha value is -7.78. The number of benzene rings is 10. The molecule has 0 radical (unpaired) electrons. The molecule has 11 aromatic rings. The highest BCUT2D eigenvalue weighted by molar-refractivity contribution is 7.25. The van der Waals surface area contributed by atoms with Crippen LogP contribution in [0.4, 0.5) is 17.1 Å². The van der Waals surface area contributed by atoms with Crippen molar-refractivity contribution in [3.05, 3.63) is 247 Å². The molecule has 0 atom stereocenters. The average molecular weight is 888 g/mol. The van der Waals surface area contributed by atoms with Crippen LogP contribution in [0.3, 0.4) is 0 Å². The third-order valence-electron chi connectivity index (χ3n) is 15.1. The lowest BCUT2D eigenvalue weighted by Crippen LogP contribution is -2.16. The molecule has 1 heterocycles. The molecule has 324 valence electrons. The van der Waals surface area contributed by atoms with Crippen molar-refractivity contribution in [3.63, 3.8) is 0 Å². The highest BCUT2D eigenvalue weighted by Crippen LogP contribution is 2.54. The minimum atomic E-state index is -0.113. The zero-order chi connectivity index (χ0) is 45.7. The van der Waals surface area contributed by atoms with Crippen molar-refractivity contribution in [2.24, 2.45) is 0 Å². The molecule has 68 heavy (non-hydrogen) atoms. The van der Waals surface area contributed by atoms with Gasteiger partial charge < -0.3 is 4.90 Å². The molecule has 0 amide bonds. The summed E-state index contributed by atoms with van der Waals surface area (Å²) >= 11 is 1.87. The van der Waals surface area contributed by atoms with Gasteiger partial charge in [-0.2, -0.15) is 0 Å². The Morgan fingerprint density at radius 1 is 0.309 bits per heavy atom. The Bertz CT molecular complexity index is 3770. The molecule has 0 saturated heterocycles. The largest absolute Gasteiger partial charge is 0.311 e. The summed E-state index contributed by atoms with van der Waals surface area (Å²) in [6.07, 6.45) is 0. The second-order valence-electron chi connectivity index (χ2n) is 19.6. The van der Waals surface area contributed by atoms with Crippen molar-refractivity contribution in [3.8, 4) is 66.8 Å². The van der Waals surface area contributed by atoms with Crippen molar-refractivity contribution in [1.29, 1.82) is 0 Å².